The average molecular weight is 172 g/mol. The van der Waals surface area contributed by atoms with Gasteiger partial charge in [-0.15, -0.1) is 0 Å². The molecule has 0 aliphatic heterocycles. The van der Waals surface area contributed by atoms with Crippen LogP contribution in [-0.2, 0) is 0 Å². The number of hydrogen-bond donors (Lipinski definition) is 4. The van der Waals surface area contributed by atoms with E-state index in [1.165, 1.54) is 0 Å². The number of hydrogen-bond acceptors (Lipinski definition) is 4. The van der Waals surface area contributed by atoms with Crippen LogP contribution in [0.3, 0.4) is 0 Å². The fourth-order valence-corrected chi connectivity index (χ4v) is 0.710. The Bertz CT molecular complexity index is 126. The standard InChI is InChI=1S/C8H20N4/c1-3-5-11-7(9)8(10)12-6-4-2/h11-12H,3-6,9-10H2,1-2H3/b8-7-. The predicted octanol–water partition coefficient (Wildman–Crippen LogP) is 0.0296. The van der Waals surface area contributed by atoms with Crippen molar-refractivity contribution in [1.29, 1.82) is 0 Å². The normalized spacial score (nSPS) is 12.2. The largest absolute Gasteiger partial charge is 0.383 e. The molecule has 0 atom stereocenters. The smallest absolute Gasteiger partial charge is 0.137 e. The van der Waals surface area contributed by atoms with Crippen molar-refractivity contribution in [2.75, 3.05) is 13.1 Å². The Morgan fingerprint density at radius 2 is 1.25 bits per heavy atom. The van der Waals surface area contributed by atoms with Gasteiger partial charge in [0.2, 0.25) is 0 Å². The fraction of sp³-hybridized carbons (Fsp3) is 0.750. The van der Waals surface area contributed by atoms with Crippen LogP contribution in [0.15, 0.2) is 11.6 Å². The monoisotopic (exact) mass is 172 g/mol. The van der Waals surface area contributed by atoms with Crippen molar-refractivity contribution in [2.24, 2.45) is 11.5 Å². The lowest BCUT2D eigenvalue weighted by molar-refractivity contribution is 0.698. The van der Waals surface area contributed by atoms with E-state index < -0.39 is 0 Å². The third-order valence-corrected chi connectivity index (χ3v) is 1.42. The maximum Gasteiger partial charge on any atom is 0.137 e. The molecule has 4 heteroatoms. The van der Waals surface area contributed by atoms with E-state index in [0.717, 1.165) is 25.9 Å². The third-order valence-electron chi connectivity index (χ3n) is 1.42. The highest BCUT2D eigenvalue weighted by Gasteiger charge is 1.95. The molecular weight excluding hydrogens is 152 g/mol. The summed E-state index contributed by atoms with van der Waals surface area (Å²) in [5, 5.41) is 6.02. The second kappa shape index (κ2) is 6.64. The van der Waals surface area contributed by atoms with Crippen LogP contribution in [0.1, 0.15) is 26.7 Å². The summed E-state index contributed by atoms with van der Waals surface area (Å²) >= 11 is 0. The summed E-state index contributed by atoms with van der Waals surface area (Å²) in [6.07, 6.45) is 2.09. The molecular formula is C8H20N4. The molecule has 0 fully saturated rings. The molecule has 0 aromatic heterocycles. The van der Waals surface area contributed by atoms with Gasteiger partial charge in [0.25, 0.3) is 0 Å². The number of nitrogens with two attached hydrogens (primary N) is 2. The lowest BCUT2D eigenvalue weighted by atomic mass is 10.4. The molecule has 0 radical (unpaired) electrons. The molecule has 6 N–H and O–H groups in total. The van der Waals surface area contributed by atoms with Gasteiger partial charge in [-0.25, -0.2) is 0 Å². The van der Waals surface area contributed by atoms with E-state index in [4.69, 9.17) is 11.5 Å². The van der Waals surface area contributed by atoms with Crippen LogP contribution in [-0.4, -0.2) is 13.1 Å². The van der Waals surface area contributed by atoms with Gasteiger partial charge in [0.05, 0.1) is 0 Å². The lowest BCUT2D eigenvalue weighted by Gasteiger charge is -2.10. The topological polar surface area (TPSA) is 76.1 Å². The van der Waals surface area contributed by atoms with Gasteiger partial charge in [0.1, 0.15) is 11.6 Å². The van der Waals surface area contributed by atoms with Gasteiger partial charge in [0.15, 0.2) is 0 Å². The maximum absolute atomic E-state index is 5.63. The van der Waals surface area contributed by atoms with Crippen molar-refractivity contribution in [3.8, 4) is 0 Å². The molecule has 0 bridgehead atoms. The van der Waals surface area contributed by atoms with Crippen LogP contribution in [0, 0.1) is 0 Å². The second-order valence-electron chi connectivity index (χ2n) is 2.68. The van der Waals surface area contributed by atoms with E-state index in [2.05, 4.69) is 24.5 Å². The van der Waals surface area contributed by atoms with E-state index in [9.17, 15) is 0 Å². The highest BCUT2D eigenvalue weighted by atomic mass is 15.1. The molecule has 0 rings (SSSR count). The molecule has 12 heavy (non-hydrogen) atoms. The molecule has 0 aliphatic carbocycles. The second-order valence-corrected chi connectivity index (χ2v) is 2.68. The molecule has 72 valence electrons. The predicted molar refractivity (Wildman–Crippen MR) is 52.0 cm³/mol. The van der Waals surface area contributed by atoms with Crippen molar-refractivity contribution in [3.63, 3.8) is 0 Å². The molecule has 0 aromatic rings. The Hall–Kier alpha value is -1.06. The van der Waals surface area contributed by atoms with Gasteiger partial charge in [-0.3, -0.25) is 0 Å². The van der Waals surface area contributed by atoms with Crippen molar-refractivity contribution >= 4 is 0 Å². The van der Waals surface area contributed by atoms with Gasteiger partial charge in [-0.05, 0) is 12.8 Å². The van der Waals surface area contributed by atoms with E-state index in [1.807, 2.05) is 0 Å². The molecule has 0 saturated carbocycles. The average Bonchev–Trinajstić information content (AvgIpc) is 2.10. The Labute approximate surface area is 74.4 Å². The van der Waals surface area contributed by atoms with Crippen molar-refractivity contribution < 1.29 is 0 Å². The molecule has 4 nitrogen and oxygen atoms in total. The van der Waals surface area contributed by atoms with Gasteiger partial charge in [-0.1, -0.05) is 13.8 Å². The first-order chi connectivity index (χ1) is 5.72. The molecule has 0 heterocycles. The minimum Gasteiger partial charge on any atom is -0.383 e. The lowest BCUT2D eigenvalue weighted by Crippen LogP contribution is -2.32. The summed E-state index contributed by atoms with van der Waals surface area (Å²) in [6, 6.07) is 0. The quantitative estimate of drug-likeness (QED) is 0.456. The third kappa shape index (κ3) is 4.71. The minimum atomic E-state index is 0.547. The minimum absolute atomic E-state index is 0.547. The van der Waals surface area contributed by atoms with Crippen LogP contribution < -0.4 is 22.1 Å². The van der Waals surface area contributed by atoms with Crippen LogP contribution in [0.2, 0.25) is 0 Å². The SMILES string of the molecule is CCCN/C(N)=C(/N)NCCC. The molecule has 0 amide bonds. The van der Waals surface area contributed by atoms with Crippen LogP contribution in [0.5, 0.6) is 0 Å². The Morgan fingerprint density at radius 1 is 0.917 bits per heavy atom. The first kappa shape index (κ1) is 10.9. The van der Waals surface area contributed by atoms with Crippen LogP contribution in [0.25, 0.3) is 0 Å². The molecule has 0 spiro atoms. The summed E-state index contributed by atoms with van der Waals surface area (Å²) in [4.78, 5) is 0. The van der Waals surface area contributed by atoms with Crippen molar-refractivity contribution in [1.82, 2.24) is 10.6 Å². The molecule has 0 unspecified atom stereocenters. The summed E-state index contributed by atoms with van der Waals surface area (Å²) in [7, 11) is 0. The van der Waals surface area contributed by atoms with Crippen LogP contribution in [0.4, 0.5) is 0 Å². The van der Waals surface area contributed by atoms with Crippen molar-refractivity contribution in [2.45, 2.75) is 26.7 Å². The van der Waals surface area contributed by atoms with Crippen LogP contribution >= 0.6 is 0 Å². The van der Waals surface area contributed by atoms with E-state index in [1.54, 1.807) is 0 Å². The Morgan fingerprint density at radius 3 is 1.50 bits per heavy atom. The highest BCUT2D eigenvalue weighted by molar-refractivity contribution is 5.02. The zero-order valence-electron chi connectivity index (χ0n) is 7.98. The summed E-state index contributed by atoms with van der Waals surface area (Å²) < 4.78 is 0. The first-order valence-electron chi connectivity index (χ1n) is 4.45. The zero-order chi connectivity index (χ0) is 9.40. The van der Waals surface area contributed by atoms with Gasteiger partial charge in [-0.2, -0.15) is 0 Å². The van der Waals surface area contributed by atoms with Gasteiger partial charge >= 0.3 is 0 Å². The fourth-order valence-electron chi connectivity index (χ4n) is 0.710. The first-order valence-corrected chi connectivity index (χ1v) is 4.45. The summed E-state index contributed by atoms with van der Waals surface area (Å²) in [5.41, 5.74) is 11.3. The number of rotatable bonds is 6. The van der Waals surface area contributed by atoms with Gasteiger partial charge < -0.3 is 22.1 Å². The Balaban J connectivity index is 3.72. The zero-order valence-corrected chi connectivity index (χ0v) is 7.98. The van der Waals surface area contributed by atoms with E-state index in [-0.39, 0.29) is 0 Å². The highest BCUT2D eigenvalue weighted by Crippen LogP contribution is 1.83. The molecule has 0 saturated heterocycles. The summed E-state index contributed by atoms with van der Waals surface area (Å²) in [5.74, 6) is 1.09. The summed E-state index contributed by atoms with van der Waals surface area (Å²) in [6.45, 7) is 5.88. The number of nitrogens with one attached hydrogen (secondary N) is 2. The van der Waals surface area contributed by atoms with Gasteiger partial charge in [0, 0.05) is 13.1 Å². The van der Waals surface area contributed by atoms with E-state index >= 15 is 0 Å². The maximum atomic E-state index is 5.63. The molecule has 0 aromatic carbocycles. The Kier molecular flexibility index (Phi) is 6.05. The van der Waals surface area contributed by atoms with E-state index in [0.29, 0.717) is 11.6 Å². The molecule has 0 aliphatic rings. The van der Waals surface area contributed by atoms with Crippen molar-refractivity contribution in [3.05, 3.63) is 11.6 Å².